The van der Waals surface area contributed by atoms with Crippen LogP contribution in [0.2, 0.25) is 0 Å². The van der Waals surface area contributed by atoms with E-state index in [0.717, 1.165) is 55.3 Å². The number of rotatable bonds is 7. The van der Waals surface area contributed by atoms with Gasteiger partial charge in [0.15, 0.2) is 5.84 Å². The minimum Gasteiger partial charge on any atom is -0.495 e. The number of ether oxygens (including phenoxy) is 1. The molecule has 7 nitrogen and oxygen atoms in total. The van der Waals surface area contributed by atoms with Crippen LogP contribution in [-0.2, 0) is 13.0 Å². The van der Waals surface area contributed by atoms with Crippen LogP contribution in [0.25, 0.3) is 0 Å². The van der Waals surface area contributed by atoms with Crippen molar-refractivity contribution in [1.82, 2.24) is 9.88 Å². The Kier molecular flexibility index (Phi) is 7.10. The summed E-state index contributed by atoms with van der Waals surface area (Å²) in [5.74, 6) is 6.22. The topological polar surface area (TPSA) is 93.0 Å². The van der Waals surface area contributed by atoms with Crippen molar-refractivity contribution in [3.05, 3.63) is 53.1 Å². The molecule has 162 valence electrons. The first-order chi connectivity index (χ1) is 14.4. The average molecular weight is 415 g/mol. The van der Waals surface area contributed by atoms with E-state index in [1.165, 1.54) is 0 Å². The molecule has 2 aromatic rings. The molecule has 0 aliphatic carbocycles. The number of halogens is 1. The lowest BCUT2D eigenvalue weighted by Crippen LogP contribution is -2.46. The summed E-state index contributed by atoms with van der Waals surface area (Å²) in [5, 5.41) is 3.55. The second kappa shape index (κ2) is 9.75. The Morgan fingerprint density at radius 1 is 1.27 bits per heavy atom. The van der Waals surface area contributed by atoms with Crippen LogP contribution in [0.4, 0.5) is 10.1 Å². The molecule has 0 atom stereocenters. The maximum absolute atomic E-state index is 14.9. The van der Waals surface area contributed by atoms with Crippen molar-refractivity contribution >= 4 is 11.5 Å². The highest BCUT2D eigenvalue weighted by Crippen LogP contribution is 2.28. The molecule has 30 heavy (non-hydrogen) atoms. The molecule has 1 aromatic carbocycles. The third kappa shape index (κ3) is 4.99. The second-order valence-electron chi connectivity index (χ2n) is 8.00. The van der Waals surface area contributed by atoms with Gasteiger partial charge in [-0.25, -0.2) is 4.39 Å². The lowest BCUT2D eigenvalue weighted by atomic mass is 9.98. The van der Waals surface area contributed by atoms with Crippen LogP contribution < -0.4 is 21.2 Å². The molecule has 2 heterocycles. The van der Waals surface area contributed by atoms with Crippen molar-refractivity contribution in [2.75, 3.05) is 38.2 Å². The van der Waals surface area contributed by atoms with Gasteiger partial charge in [-0.3, -0.25) is 9.88 Å². The molecule has 1 fully saturated rings. The summed E-state index contributed by atoms with van der Waals surface area (Å²) in [6.07, 6.45) is 2.57. The normalized spacial score (nSPS) is 15.6. The van der Waals surface area contributed by atoms with Crippen molar-refractivity contribution in [3.8, 4) is 5.75 Å². The van der Waals surface area contributed by atoms with E-state index in [4.69, 9.17) is 16.3 Å². The highest BCUT2D eigenvalue weighted by molar-refractivity contribution is 6.02. The number of nitrogens with two attached hydrogens (primary N) is 2. The zero-order valence-corrected chi connectivity index (χ0v) is 17.9. The predicted octanol–water partition coefficient (Wildman–Crippen LogP) is 2.33. The van der Waals surface area contributed by atoms with Crippen molar-refractivity contribution in [1.29, 1.82) is 0 Å². The van der Waals surface area contributed by atoms with Crippen LogP contribution in [0.15, 0.2) is 35.6 Å². The molecule has 1 aromatic heterocycles. The van der Waals surface area contributed by atoms with Gasteiger partial charge in [0.2, 0.25) is 0 Å². The maximum Gasteiger partial charge on any atom is 0.155 e. The molecule has 0 radical (unpaired) electrons. The van der Waals surface area contributed by atoms with E-state index in [9.17, 15) is 4.39 Å². The van der Waals surface area contributed by atoms with Crippen molar-refractivity contribution < 1.29 is 9.13 Å². The van der Waals surface area contributed by atoms with E-state index in [1.54, 1.807) is 19.4 Å². The predicted molar refractivity (Wildman–Crippen MR) is 118 cm³/mol. The Labute approximate surface area is 177 Å². The fourth-order valence-electron chi connectivity index (χ4n) is 3.89. The van der Waals surface area contributed by atoms with Crippen LogP contribution in [0.1, 0.15) is 30.7 Å². The van der Waals surface area contributed by atoms with Crippen LogP contribution in [0, 0.1) is 11.7 Å². The van der Waals surface area contributed by atoms with Crippen molar-refractivity contribution in [2.45, 2.75) is 26.8 Å². The summed E-state index contributed by atoms with van der Waals surface area (Å²) in [6, 6.07) is 7.35. The van der Waals surface area contributed by atoms with Gasteiger partial charge in [0.1, 0.15) is 11.6 Å². The summed E-state index contributed by atoms with van der Waals surface area (Å²) in [4.78, 5) is 8.92. The Bertz CT molecular complexity index is 893. The number of piperazine rings is 1. The third-order valence-corrected chi connectivity index (χ3v) is 5.32. The van der Waals surface area contributed by atoms with E-state index in [2.05, 4.69) is 33.7 Å². The number of nitrogens with zero attached hydrogens (tertiary/aromatic N) is 4. The minimum atomic E-state index is -0.379. The summed E-state index contributed by atoms with van der Waals surface area (Å²) in [7, 11) is 1.65. The molecular formula is C22H31FN6O. The van der Waals surface area contributed by atoms with E-state index in [1.807, 2.05) is 18.2 Å². The number of hydrogen-bond donors (Lipinski definition) is 2. The Hall–Kier alpha value is -2.87. The summed E-state index contributed by atoms with van der Waals surface area (Å²) in [5.41, 5.74) is 8.85. The highest BCUT2D eigenvalue weighted by Gasteiger charge is 2.24. The quantitative estimate of drug-likeness (QED) is 0.313. The maximum atomic E-state index is 14.9. The van der Waals surface area contributed by atoms with Gasteiger partial charge in [-0.15, -0.1) is 0 Å². The molecular weight excluding hydrogens is 383 g/mol. The molecule has 3 rings (SSSR count). The molecule has 0 unspecified atom stereocenters. The zero-order valence-electron chi connectivity index (χ0n) is 17.9. The molecule has 1 saturated heterocycles. The lowest BCUT2D eigenvalue weighted by Gasteiger charge is -2.37. The largest absolute Gasteiger partial charge is 0.495 e. The van der Waals surface area contributed by atoms with E-state index in [-0.39, 0.29) is 17.2 Å². The van der Waals surface area contributed by atoms with Gasteiger partial charge in [-0.1, -0.05) is 13.8 Å². The van der Waals surface area contributed by atoms with Gasteiger partial charge in [-0.05, 0) is 42.2 Å². The summed E-state index contributed by atoms with van der Waals surface area (Å²) >= 11 is 0. The van der Waals surface area contributed by atoms with Crippen LogP contribution in [0.5, 0.6) is 5.75 Å². The van der Waals surface area contributed by atoms with Crippen LogP contribution >= 0.6 is 0 Å². The molecule has 0 saturated carbocycles. The van der Waals surface area contributed by atoms with Crippen LogP contribution in [-0.4, -0.2) is 49.0 Å². The third-order valence-electron chi connectivity index (χ3n) is 5.32. The van der Waals surface area contributed by atoms with Crippen LogP contribution in [0.3, 0.4) is 0 Å². The van der Waals surface area contributed by atoms with Gasteiger partial charge in [0.25, 0.3) is 0 Å². The Morgan fingerprint density at radius 2 is 2.00 bits per heavy atom. The molecule has 0 amide bonds. The monoisotopic (exact) mass is 414 g/mol. The summed E-state index contributed by atoms with van der Waals surface area (Å²) in [6.45, 7) is 8.05. The van der Waals surface area contributed by atoms with E-state index >= 15 is 0 Å². The molecule has 0 bridgehead atoms. The number of hydrogen-bond acceptors (Lipinski definition) is 6. The van der Waals surface area contributed by atoms with Gasteiger partial charge in [0.05, 0.1) is 24.1 Å². The molecule has 0 spiro atoms. The molecule has 1 aliphatic rings. The summed E-state index contributed by atoms with van der Waals surface area (Å²) < 4.78 is 20.3. The zero-order chi connectivity index (χ0) is 21.7. The number of pyridine rings is 1. The lowest BCUT2D eigenvalue weighted by molar-refractivity contribution is 0.243. The van der Waals surface area contributed by atoms with Gasteiger partial charge in [-0.2, -0.15) is 5.10 Å². The number of hydrazone groups is 1. The fourth-order valence-corrected chi connectivity index (χ4v) is 3.89. The van der Waals surface area contributed by atoms with E-state index in [0.29, 0.717) is 12.5 Å². The first kappa shape index (κ1) is 21.8. The van der Waals surface area contributed by atoms with Gasteiger partial charge < -0.3 is 21.2 Å². The minimum absolute atomic E-state index is 0.0132. The molecule has 4 N–H and O–H groups in total. The number of aromatic nitrogens is 1. The molecule has 1 aliphatic heterocycles. The van der Waals surface area contributed by atoms with Crippen molar-refractivity contribution in [3.63, 3.8) is 0 Å². The molecule has 8 heteroatoms. The Balaban J connectivity index is 1.79. The first-order valence-corrected chi connectivity index (χ1v) is 10.2. The number of anilines is 1. The van der Waals surface area contributed by atoms with Crippen molar-refractivity contribution in [2.24, 2.45) is 22.6 Å². The smallest absolute Gasteiger partial charge is 0.155 e. The Morgan fingerprint density at radius 3 is 2.63 bits per heavy atom. The second-order valence-corrected chi connectivity index (χ2v) is 8.00. The SMILES string of the molecule is COc1cccnc1CN1CCN(c2cc(CC(C)C)cc(F)c2/C(N)=N/N)CC1. The first-order valence-electron chi connectivity index (χ1n) is 10.2. The van der Waals surface area contributed by atoms with E-state index < -0.39 is 0 Å². The fraction of sp³-hybridized carbons (Fsp3) is 0.455. The van der Waals surface area contributed by atoms with Gasteiger partial charge >= 0.3 is 0 Å². The average Bonchev–Trinajstić information content (AvgIpc) is 2.73. The number of methoxy groups -OCH3 is 1. The van der Waals surface area contributed by atoms with Gasteiger partial charge in [0, 0.05) is 38.9 Å². The highest BCUT2D eigenvalue weighted by atomic mass is 19.1. The number of benzene rings is 1. The number of amidine groups is 1. The standard InChI is InChI=1S/C22H31FN6O/c1-15(2)11-16-12-17(23)21(22(24)27-25)19(13-16)29-9-7-28(8-10-29)14-18-20(30-3)5-4-6-26-18/h4-6,12-13,15H,7-11,14,25H2,1-3H3,(H2,24,27).